The number of ketones is 1. The van der Waals surface area contributed by atoms with Crippen LogP contribution < -0.4 is 0 Å². The molecule has 0 amide bonds. The lowest BCUT2D eigenvalue weighted by Crippen LogP contribution is -2.19. The van der Waals surface area contributed by atoms with Gasteiger partial charge in [-0.05, 0) is 37.3 Å². The zero-order valence-corrected chi connectivity index (χ0v) is 19.1. The molecule has 6 heteroatoms. The van der Waals surface area contributed by atoms with Crippen molar-refractivity contribution in [3.05, 3.63) is 47.5 Å². The standard InChI is InChI=1S/C26H38O6/c1-2-32-15-14-19-8-7-9-20(16-19)17-21(27)12-13-23-22(24(28)18-25(23)29)10-5-3-4-6-11-26(30)31/h7-9,12-13,16,21-23,25,27,29H,2-6,10-11,14-15,17-18H2,1H3,(H,30,31)/t21-,22+,23+,25+/m0/s1. The number of aliphatic hydroxyl groups excluding tert-OH is 2. The summed E-state index contributed by atoms with van der Waals surface area (Å²) in [6.07, 6.45) is 7.68. The first-order valence-corrected chi connectivity index (χ1v) is 11.8. The maximum absolute atomic E-state index is 12.3. The van der Waals surface area contributed by atoms with Crippen molar-refractivity contribution in [3.8, 4) is 0 Å². The molecule has 1 saturated carbocycles. The Labute approximate surface area is 191 Å². The van der Waals surface area contributed by atoms with Crippen LogP contribution in [0.25, 0.3) is 0 Å². The number of aliphatic hydroxyl groups is 2. The van der Waals surface area contributed by atoms with Crippen LogP contribution in [0.4, 0.5) is 0 Å². The second-order valence-corrected chi connectivity index (χ2v) is 8.69. The number of benzene rings is 1. The highest BCUT2D eigenvalue weighted by molar-refractivity contribution is 5.84. The van der Waals surface area contributed by atoms with E-state index < -0.39 is 18.2 Å². The molecule has 2 rings (SSSR count). The zero-order valence-electron chi connectivity index (χ0n) is 19.1. The molecule has 4 atom stereocenters. The van der Waals surface area contributed by atoms with E-state index in [0.29, 0.717) is 32.5 Å². The third-order valence-electron chi connectivity index (χ3n) is 6.12. The van der Waals surface area contributed by atoms with E-state index in [1.54, 1.807) is 6.08 Å². The molecule has 1 fully saturated rings. The van der Waals surface area contributed by atoms with E-state index >= 15 is 0 Å². The first-order valence-electron chi connectivity index (χ1n) is 11.8. The van der Waals surface area contributed by atoms with Crippen molar-refractivity contribution in [2.24, 2.45) is 11.8 Å². The van der Waals surface area contributed by atoms with Gasteiger partial charge in [0, 0.05) is 37.7 Å². The molecular weight excluding hydrogens is 408 g/mol. The molecule has 1 aromatic carbocycles. The maximum Gasteiger partial charge on any atom is 0.303 e. The Morgan fingerprint density at radius 2 is 1.97 bits per heavy atom. The van der Waals surface area contributed by atoms with Crippen molar-refractivity contribution in [1.29, 1.82) is 0 Å². The third kappa shape index (κ3) is 9.23. The molecule has 0 heterocycles. The summed E-state index contributed by atoms with van der Waals surface area (Å²) in [5, 5.41) is 29.5. The van der Waals surface area contributed by atoms with Crippen LogP contribution in [0.5, 0.6) is 0 Å². The van der Waals surface area contributed by atoms with Crippen LogP contribution in [0.1, 0.15) is 63.0 Å². The van der Waals surface area contributed by atoms with Crippen molar-refractivity contribution in [2.75, 3.05) is 13.2 Å². The fourth-order valence-electron chi connectivity index (χ4n) is 4.40. The number of rotatable bonds is 15. The zero-order chi connectivity index (χ0) is 23.3. The van der Waals surface area contributed by atoms with E-state index in [2.05, 4.69) is 12.1 Å². The van der Waals surface area contributed by atoms with Gasteiger partial charge in [0.2, 0.25) is 0 Å². The average Bonchev–Trinajstić information content (AvgIpc) is 3.01. The molecule has 0 aliphatic heterocycles. The second-order valence-electron chi connectivity index (χ2n) is 8.69. The SMILES string of the molecule is CCOCCc1cccc(C[C@@H](O)C=C[C@H]2[C@H](O)CC(=O)[C@@H]2CCCCCCC(=O)O)c1. The summed E-state index contributed by atoms with van der Waals surface area (Å²) in [6.45, 7) is 3.35. The number of hydrogen-bond acceptors (Lipinski definition) is 5. The van der Waals surface area contributed by atoms with Gasteiger partial charge >= 0.3 is 5.97 Å². The highest BCUT2D eigenvalue weighted by Crippen LogP contribution is 2.34. The van der Waals surface area contributed by atoms with Gasteiger partial charge in [-0.25, -0.2) is 0 Å². The van der Waals surface area contributed by atoms with E-state index in [0.717, 1.165) is 31.2 Å². The van der Waals surface area contributed by atoms with Gasteiger partial charge in [0.05, 0.1) is 18.8 Å². The molecule has 6 nitrogen and oxygen atoms in total. The molecule has 0 spiro atoms. The molecule has 178 valence electrons. The molecule has 1 aliphatic carbocycles. The minimum absolute atomic E-state index is 0.0779. The van der Waals surface area contributed by atoms with Gasteiger partial charge in [0.1, 0.15) is 5.78 Å². The molecule has 0 unspecified atom stereocenters. The molecule has 0 radical (unpaired) electrons. The van der Waals surface area contributed by atoms with Crippen molar-refractivity contribution < 1.29 is 29.6 Å². The minimum atomic E-state index is -0.778. The number of carboxylic acids is 1. The fraction of sp³-hybridized carbons (Fsp3) is 0.615. The number of unbranched alkanes of at least 4 members (excludes halogenated alkanes) is 3. The molecule has 0 aromatic heterocycles. The number of carboxylic acid groups (broad SMARTS) is 1. The highest BCUT2D eigenvalue weighted by atomic mass is 16.5. The third-order valence-corrected chi connectivity index (χ3v) is 6.12. The van der Waals surface area contributed by atoms with E-state index in [-0.39, 0.29) is 30.5 Å². The van der Waals surface area contributed by atoms with Crippen LogP contribution in [0.15, 0.2) is 36.4 Å². The van der Waals surface area contributed by atoms with Crippen molar-refractivity contribution in [3.63, 3.8) is 0 Å². The van der Waals surface area contributed by atoms with Crippen LogP contribution in [0.2, 0.25) is 0 Å². The van der Waals surface area contributed by atoms with Crippen LogP contribution in [0, 0.1) is 11.8 Å². The first kappa shape index (κ1) is 26.2. The fourth-order valence-corrected chi connectivity index (χ4v) is 4.40. The Balaban J connectivity index is 1.84. The number of hydrogen-bond donors (Lipinski definition) is 3. The predicted molar refractivity (Wildman–Crippen MR) is 123 cm³/mol. The lowest BCUT2D eigenvalue weighted by molar-refractivity contribution is -0.137. The van der Waals surface area contributed by atoms with Gasteiger partial charge in [-0.3, -0.25) is 9.59 Å². The summed E-state index contributed by atoms with van der Waals surface area (Å²) in [6, 6.07) is 8.11. The summed E-state index contributed by atoms with van der Waals surface area (Å²) < 4.78 is 5.40. The summed E-state index contributed by atoms with van der Waals surface area (Å²) >= 11 is 0. The Kier molecular flexibility index (Phi) is 11.6. The maximum atomic E-state index is 12.3. The van der Waals surface area contributed by atoms with Gasteiger partial charge < -0.3 is 20.1 Å². The van der Waals surface area contributed by atoms with Crippen LogP contribution in [0.3, 0.4) is 0 Å². The van der Waals surface area contributed by atoms with Gasteiger partial charge in [0.25, 0.3) is 0 Å². The Morgan fingerprint density at radius 3 is 2.72 bits per heavy atom. The molecular formula is C26H38O6. The van der Waals surface area contributed by atoms with Crippen LogP contribution >= 0.6 is 0 Å². The second kappa shape index (κ2) is 14.2. The number of carbonyl (C=O) groups is 2. The first-order chi connectivity index (χ1) is 15.4. The van der Waals surface area contributed by atoms with Crippen molar-refractivity contribution in [2.45, 2.75) is 76.9 Å². The quantitative estimate of drug-likeness (QED) is 0.280. The van der Waals surface area contributed by atoms with Crippen molar-refractivity contribution >= 4 is 11.8 Å². The highest BCUT2D eigenvalue weighted by Gasteiger charge is 2.39. The van der Waals surface area contributed by atoms with E-state index in [9.17, 15) is 19.8 Å². The number of ether oxygens (including phenoxy) is 1. The summed E-state index contributed by atoms with van der Waals surface area (Å²) in [5.74, 6) is -1.20. The van der Waals surface area contributed by atoms with Gasteiger partial charge in [0.15, 0.2) is 0 Å². The minimum Gasteiger partial charge on any atom is -0.481 e. The average molecular weight is 447 g/mol. The number of aliphatic carboxylic acids is 1. The lowest BCUT2D eigenvalue weighted by atomic mass is 9.88. The van der Waals surface area contributed by atoms with E-state index in [1.807, 2.05) is 25.1 Å². The lowest BCUT2D eigenvalue weighted by Gasteiger charge is -2.18. The van der Waals surface area contributed by atoms with Gasteiger partial charge in [-0.1, -0.05) is 55.7 Å². The molecule has 1 aliphatic rings. The summed E-state index contributed by atoms with van der Waals surface area (Å²) in [4.78, 5) is 22.9. The summed E-state index contributed by atoms with van der Waals surface area (Å²) in [5.41, 5.74) is 2.21. The topological polar surface area (TPSA) is 104 Å². The molecule has 0 saturated heterocycles. The smallest absolute Gasteiger partial charge is 0.303 e. The van der Waals surface area contributed by atoms with Crippen molar-refractivity contribution in [1.82, 2.24) is 0 Å². The predicted octanol–water partition coefficient (Wildman–Crippen LogP) is 3.72. The normalized spacial score (nSPS) is 22.0. The molecule has 1 aromatic rings. The van der Waals surface area contributed by atoms with E-state index in [1.165, 1.54) is 5.56 Å². The van der Waals surface area contributed by atoms with Crippen LogP contribution in [-0.4, -0.2) is 52.5 Å². The molecule has 32 heavy (non-hydrogen) atoms. The summed E-state index contributed by atoms with van der Waals surface area (Å²) in [7, 11) is 0. The van der Waals surface area contributed by atoms with Gasteiger partial charge in [-0.15, -0.1) is 0 Å². The van der Waals surface area contributed by atoms with Gasteiger partial charge in [-0.2, -0.15) is 0 Å². The largest absolute Gasteiger partial charge is 0.481 e. The number of Topliss-reactive ketones (excluding diaryl/α,β-unsaturated/α-hetero) is 1. The van der Waals surface area contributed by atoms with Crippen LogP contribution in [-0.2, 0) is 27.2 Å². The monoisotopic (exact) mass is 446 g/mol. The van der Waals surface area contributed by atoms with E-state index in [4.69, 9.17) is 9.84 Å². The Hall–Kier alpha value is -2.02. The molecule has 3 N–H and O–H groups in total. The number of carbonyl (C=O) groups excluding carboxylic acids is 1. The molecule has 0 bridgehead atoms. The Bertz CT molecular complexity index is 744. The Morgan fingerprint density at radius 1 is 1.22 bits per heavy atom.